The summed E-state index contributed by atoms with van der Waals surface area (Å²) in [5.41, 5.74) is 7.13. The van der Waals surface area contributed by atoms with Crippen LogP contribution in [-0.4, -0.2) is 17.1 Å². The number of aromatic nitrogens is 2. The third kappa shape index (κ3) is 2.39. The molecule has 1 heterocycles. The molecule has 0 aliphatic rings. The van der Waals surface area contributed by atoms with E-state index in [1.807, 2.05) is 0 Å². The predicted molar refractivity (Wildman–Crippen MR) is 61.0 cm³/mol. The predicted octanol–water partition coefficient (Wildman–Crippen LogP) is 1.67. The number of halogens is 1. The molecule has 1 aromatic carbocycles. The van der Waals surface area contributed by atoms with Gasteiger partial charge in [-0.2, -0.15) is 0 Å². The molecule has 5 heteroatoms. The van der Waals surface area contributed by atoms with Gasteiger partial charge in [-0.15, -0.1) is 0 Å². The van der Waals surface area contributed by atoms with Gasteiger partial charge < -0.3 is 10.5 Å². The molecule has 0 amide bonds. The van der Waals surface area contributed by atoms with Gasteiger partial charge in [0.05, 0.1) is 13.2 Å². The summed E-state index contributed by atoms with van der Waals surface area (Å²) in [7, 11) is 1.49. The van der Waals surface area contributed by atoms with Crippen LogP contribution in [0.2, 0.25) is 0 Å². The van der Waals surface area contributed by atoms with Crippen molar-refractivity contribution in [3.63, 3.8) is 0 Å². The third-order valence-electron chi connectivity index (χ3n) is 2.39. The highest BCUT2D eigenvalue weighted by Gasteiger charge is 2.16. The van der Waals surface area contributed by atoms with Crippen LogP contribution in [0.15, 0.2) is 36.7 Å². The second-order valence-corrected chi connectivity index (χ2v) is 3.48. The number of rotatable bonds is 3. The lowest BCUT2D eigenvalue weighted by molar-refractivity contribution is 0.387. The zero-order chi connectivity index (χ0) is 12.3. The van der Waals surface area contributed by atoms with E-state index in [1.54, 1.807) is 12.1 Å². The molecule has 1 atom stereocenters. The Morgan fingerprint density at radius 2 is 2.06 bits per heavy atom. The molecule has 4 nitrogen and oxygen atoms in total. The summed E-state index contributed by atoms with van der Waals surface area (Å²) in [5.74, 6) is 0.0186. The number of benzene rings is 1. The fourth-order valence-corrected chi connectivity index (χ4v) is 1.56. The minimum atomic E-state index is -0.561. The first-order valence-electron chi connectivity index (χ1n) is 5.08. The molecule has 2 aromatic rings. The van der Waals surface area contributed by atoms with Crippen molar-refractivity contribution < 1.29 is 9.13 Å². The van der Waals surface area contributed by atoms with Crippen molar-refractivity contribution >= 4 is 0 Å². The van der Waals surface area contributed by atoms with Crippen LogP contribution in [0.25, 0.3) is 0 Å². The molecular weight excluding hydrogens is 221 g/mol. The average molecular weight is 233 g/mol. The molecule has 2 rings (SSSR count). The molecule has 88 valence electrons. The van der Waals surface area contributed by atoms with Gasteiger partial charge in [0, 0.05) is 12.4 Å². The van der Waals surface area contributed by atoms with Crippen LogP contribution in [0.1, 0.15) is 17.3 Å². The van der Waals surface area contributed by atoms with E-state index in [4.69, 9.17) is 10.5 Å². The smallest absolute Gasteiger partial charge is 0.237 e. The second-order valence-electron chi connectivity index (χ2n) is 3.48. The van der Waals surface area contributed by atoms with E-state index in [0.29, 0.717) is 17.1 Å². The van der Waals surface area contributed by atoms with Crippen LogP contribution in [0.3, 0.4) is 0 Å². The summed E-state index contributed by atoms with van der Waals surface area (Å²) in [5, 5.41) is 0. The van der Waals surface area contributed by atoms with Gasteiger partial charge in [0.25, 0.3) is 0 Å². The van der Waals surface area contributed by atoms with E-state index in [0.717, 1.165) is 0 Å². The standard InChI is InChI=1S/C12H12FN3O/c1-17-12-11(15-5-6-16-12)10(14)8-3-2-4-9(13)7-8/h2-7,10H,14H2,1H3. The van der Waals surface area contributed by atoms with Gasteiger partial charge in [0.2, 0.25) is 5.88 Å². The summed E-state index contributed by atoms with van der Waals surface area (Å²) < 4.78 is 18.2. The molecule has 0 spiro atoms. The zero-order valence-corrected chi connectivity index (χ0v) is 9.30. The van der Waals surface area contributed by atoms with Crippen molar-refractivity contribution in [2.24, 2.45) is 5.73 Å². The molecule has 0 radical (unpaired) electrons. The molecule has 17 heavy (non-hydrogen) atoms. The van der Waals surface area contributed by atoms with Crippen molar-refractivity contribution in [3.8, 4) is 5.88 Å². The Kier molecular flexibility index (Phi) is 3.30. The number of hydrogen-bond acceptors (Lipinski definition) is 4. The molecule has 0 aliphatic carbocycles. The Morgan fingerprint density at radius 1 is 1.29 bits per heavy atom. The minimum Gasteiger partial charge on any atom is -0.480 e. The first-order valence-corrected chi connectivity index (χ1v) is 5.08. The second kappa shape index (κ2) is 4.88. The highest BCUT2D eigenvalue weighted by molar-refractivity contribution is 5.32. The van der Waals surface area contributed by atoms with Crippen molar-refractivity contribution in [1.82, 2.24) is 9.97 Å². The minimum absolute atomic E-state index is 0.333. The lowest BCUT2D eigenvalue weighted by Crippen LogP contribution is -2.15. The number of nitrogens with zero attached hydrogens (tertiary/aromatic N) is 2. The zero-order valence-electron chi connectivity index (χ0n) is 9.30. The normalized spacial score (nSPS) is 12.2. The van der Waals surface area contributed by atoms with Crippen LogP contribution in [0.4, 0.5) is 4.39 Å². The Bertz CT molecular complexity index is 519. The van der Waals surface area contributed by atoms with Crippen molar-refractivity contribution in [2.45, 2.75) is 6.04 Å². The number of nitrogens with two attached hydrogens (primary N) is 1. The summed E-state index contributed by atoms with van der Waals surface area (Å²) >= 11 is 0. The molecule has 0 fully saturated rings. The molecule has 1 aromatic heterocycles. The summed E-state index contributed by atoms with van der Waals surface area (Å²) in [6.07, 6.45) is 3.04. The van der Waals surface area contributed by atoms with E-state index < -0.39 is 6.04 Å². The van der Waals surface area contributed by atoms with Gasteiger partial charge in [-0.1, -0.05) is 12.1 Å². The van der Waals surface area contributed by atoms with Crippen molar-refractivity contribution in [1.29, 1.82) is 0 Å². The van der Waals surface area contributed by atoms with E-state index in [9.17, 15) is 4.39 Å². The Labute approximate surface area is 98.3 Å². The largest absolute Gasteiger partial charge is 0.480 e. The Hall–Kier alpha value is -2.01. The first-order chi connectivity index (χ1) is 8.22. The molecule has 0 bridgehead atoms. The van der Waals surface area contributed by atoms with E-state index in [1.165, 1.54) is 31.6 Å². The van der Waals surface area contributed by atoms with Gasteiger partial charge in [-0.3, -0.25) is 4.98 Å². The van der Waals surface area contributed by atoms with Crippen LogP contribution in [0.5, 0.6) is 5.88 Å². The quantitative estimate of drug-likeness (QED) is 0.876. The summed E-state index contributed by atoms with van der Waals surface area (Å²) in [6, 6.07) is 5.52. The molecule has 2 N–H and O–H groups in total. The van der Waals surface area contributed by atoms with Crippen LogP contribution >= 0.6 is 0 Å². The third-order valence-corrected chi connectivity index (χ3v) is 2.39. The number of hydrogen-bond donors (Lipinski definition) is 1. The van der Waals surface area contributed by atoms with Gasteiger partial charge in [0.1, 0.15) is 11.5 Å². The summed E-state index contributed by atoms with van der Waals surface area (Å²) in [4.78, 5) is 8.13. The van der Waals surface area contributed by atoms with Gasteiger partial charge in [-0.05, 0) is 17.7 Å². The van der Waals surface area contributed by atoms with Gasteiger partial charge in [-0.25, -0.2) is 9.37 Å². The maximum atomic E-state index is 13.1. The van der Waals surface area contributed by atoms with Crippen LogP contribution < -0.4 is 10.5 Å². The Morgan fingerprint density at radius 3 is 2.76 bits per heavy atom. The lowest BCUT2D eigenvalue weighted by atomic mass is 10.0. The molecular formula is C12H12FN3O. The van der Waals surface area contributed by atoms with E-state index in [2.05, 4.69) is 9.97 Å². The average Bonchev–Trinajstić information content (AvgIpc) is 2.38. The van der Waals surface area contributed by atoms with E-state index >= 15 is 0 Å². The maximum Gasteiger partial charge on any atom is 0.237 e. The monoisotopic (exact) mass is 233 g/mol. The topological polar surface area (TPSA) is 61.0 Å². The summed E-state index contributed by atoms with van der Waals surface area (Å²) in [6.45, 7) is 0. The SMILES string of the molecule is COc1nccnc1C(N)c1cccc(F)c1. The first kappa shape index (κ1) is 11.5. The van der Waals surface area contributed by atoms with Crippen LogP contribution in [-0.2, 0) is 0 Å². The van der Waals surface area contributed by atoms with Crippen LogP contribution in [0, 0.1) is 5.82 Å². The number of methoxy groups -OCH3 is 1. The van der Waals surface area contributed by atoms with Crippen molar-refractivity contribution in [2.75, 3.05) is 7.11 Å². The molecule has 0 saturated carbocycles. The van der Waals surface area contributed by atoms with Gasteiger partial charge >= 0.3 is 0 Å². The maximum absolute atomic E-state index is 13.1. The lowest BCUT2D eigenvalue weighted by Gasteiger charge is -2.13. The Balaban J connectivity index is 2.40. The van der Waals surface area contributed by atoms with Gasteiger partial charge in [0.15, 0.2) is 0 Å². The molecule has 0 aliphatic heterocycles. The highest BCUT2D eigenvalue weighted by Crippen LogP contribution is 2.24. The fourth-order valence-electron chi connectivity index (χ4n) is 1.56. The highest BCUT2D eigenvalue weighted by atomic mass is 19.1. The molecule has 0 saturated heterocycles. The number of ether oxygens (including phenoxy) is 1. The van der Waals surface area contributed by atoms with E-state index in [-0.39, 0.29) is 5.82 Å². The molecule has 1 unspecified atom stereocenters. The fraction of sp³-hybridized carbons (Fsp3) is 0.167. The van der Waals surface area contributed by atoms with Crippen molar-refractivity contribution in [3.05, 3.63) is 53.7 Å².